The van der Waals surface area contributed by atoms with Crippen LogP contribution in [0.4, 0.5) is 0 Å². The lowest BCUT2D eigenvalue weighted by Gasteiger charge is -1.97. The molecule has 2 nitrogen and oxygen atoms in total. The van der Waals surface area contributed by atoms with Crippen LogP contribution in [0.25, 0.3) is 0 Å². The molecule has 0 bridgehead atoms. The summed E-state index contributed by atoms with van der Waals surface area (Å²) in [5, 5.41) is 0. The SMILES string of the molecule is CC.CCCCCCCCCN.CCCCN. The summed E-state index contributed by atoms with van der Waals surface area (Å²) < 4.78 is 0. The highest BCUT2D eigenvalue weighted by Gasteiger charge is 1.87. The van der Waals surface area contributed by atoms with Crippen molar-refractivity contribution < 1.29 is 0 Å². The summed E-state index contributed by atoms with van der Waals surface area (Å²) in [6, 6.07) is 0. The maximum Gasteiger partial charge on any atom is -0.00773 e. The van der Waals surface area contributed by atoms with Crippen molar-refractivity contribution in [1.29, 1.82) is 0 Å². The van der Waals surface area contributed by atoms with E-state index in [1.165, 1.54) is 57.8 Å². The van der Waals surface area contributed by atoms with Gasteiger partial charge in [0.15, 0.2) is 0 Å². The Morgan fingerprint density at radius 3 is 1.18 bits per heavy atom. The summed E-state index contributed by atoms with van der Waals surface area (Å²) >= 11 is 0. The summed E-state index contributed by atoms with van der Waals surface area (Å²) in [5.74, 6) is 0. The first-order valence-electron chi connectivity index (χ1n) is 7.73. The Kier molecular flexibility index (Phi) is 38.7. The fourth-order valence-corrected chi connectivity index (χ4v) is 1.31. The van der Waals surface area contributed by atoms with Crippen LogP contribution in [-0.2, 0) is 0 Å². The first kappa shape index (κ1) is 22.1. The molecule has 0 saturated carbocycles. The maximum atomic E-state index is 5.37. The summed E-state index contributed by atoms with van der Waals surface area (Å²) in [7, 11) is 0. The normalized spacial score (nSPS) is 8.82. The zero-order valence-corrected chi connectivity index (χ0v) is 12.9. The van der Waals surface area contributed by atoms with Gasteiger partial charge in [0.05, 0.1) is 0 Å². The van der Waals surface area contributed by atoms with Gasteiger partial charge < -0.3 is 11.5 Å². The van der Waals surface area contributed by atoms with Crippen LogP contribution >= 0.6 is 0 Å². The van der Waals surface area contributed by atoms with E-state index in [1.807, 2.05) is 13.8 Å². The molecule has 0 aliphatic heterocycles. The molecule has 17 heavy (non-hydrogen) atoms. The van der Waals surface area contributed by atoms with Gasteiger partial charge in [-0.25, -0.2) is 0 Å². The fraction of sp³-hybridized carbons (Fsp3) is 1.00. The smallest absolute Gasteiger partial charge is 0.00773 e. The highest BCUT2D eigenvalue weighted by atomic mass is 14.5. The molecule has 0 radical (unpaired) electrons. The standard InChI is InChI=1S/C9H21N.C4H11N.C2H6/c1-2-3-4-5-6-7-8-9-10;1-2-3-4-5;1-2/h2-10H2,1H3;2-5H2,1H3;1-2H3. The Bertz CT molecular complexity index is 75.0. The highest BCUT2D eigenvalue weighted by Crippen LogP contribution is 2.05. The van der Waals surface area contributed by atoms with Crippen LogP contribution in [0.3, 0.4) is 0 Å². The molecule has 2 heteroatoms. The minimum absolute atomic E-state index is 0.844. The fourth-order valence-electron chi connectivity index (χ4n) is 1.31. The van der Waals surface area contributed by atoms with Crippen molar-refractivity contribution >= 4 is 0 Å². The van der Waals surface area contributed by atoms with Gasteiger partial charge in [0.25, 0.3) is 0 Å². The molecule has 0 aliphatic carbocycles. The second-order valence-electron chi connectivity index (χ2n) is 4.05. The van der Waals surface area contributed by atoms with Gasteiger partial charge in [-0.3, -0.25) is 0 Å². The molecule has 0 aromatic carbocycles. The Labute approximate surface area is 111 Å². The van der Waals surface area contributed by atoms with E-state index in [2.05, 4.69) is 13.8 Å². The molecule has 108 valence electrons. The van der Waals surface area contributed by atoms with Crippen molar-refractivity contribution in [3.63, 3.8) is 0 Å². The Balaban J connectivity index is -0.000000236. The van der Waals surface area contributed by atoms with E-state index in [4.69, 9.17) is 11.5 Å². The van der Waals surface area contributed by atoms with Gasteiger partial charge in [-0.05, 0) is 25.9 Å². The third kappa shape index (κ3) is 38.8. The van der Waals surface area contributed by atoms with Crippen LogP contribution in [0.1, 0.15) is 85.5 Å². The molecule has 0 rings (SSSR count). The summed E-state index contributed by atoms with van der Waals surface area (Å²) in [4.78, 5) is 0. The molecule has 0 unspecified atom stereocenters. The van der Waals surface area contributed by atoms with Crippen molar-refractivity contribution in [1.82, 2.24) is 0 Å². The van der Waals surface area contributed by atoms with E-state index in [0.717, 1.165) is 13.1 Å². The van der Waals surface area contributed by atoms with Crippen LogP contribution in [0.15, 0.2) is 0 Å². The van der Waals surface area contributed by atoms with E-state index >= 15 is 0 Å². The molecule has 0 amide bonds. The van der Waals surface area contributed by atoms with Crippen molar-refractivity contribution in [2.45, 2.75) is 85.5 Å². The summed E-state index contributed by atoms with van der Waals surface area (Å²) in [5.41, 5.74) is 10.5. The molecule has 0 aliphatic rings. The van der Waals surface area contributed by atoms with Gasteiger partial charge >= 0.3 is 0 Å². The molecule has 0 heterocycles. The quantitative estimate of drug-likeness (QED) is 0.590. The zero-order valence-electron chi connectivity index (χ0n) is 12.9. The lowest BCUT2D eigenvalue weighted by atomic mass is 10.1. The number of unbranched alkanes of at least 4 members (excludes halogenated alkanes) is 7. The van der Waals surface area contributed by atoms with Crippen molar-refractivity contribution in [3.05, 3.63) is 0 Å². The average molecular weight is 246 g/mol. The Morgan fingerprint density at radius 1 is 0.529 bits per heavy atom. The first-order chi connectivity index (χ1) is 8.33. The molecule has 0 atom stereocenters. The topological polar surface area (TPSA) is 52.0 Å². The molecule has 0 spiro atoms. The Morgan fingerprint density at radius 2 is 0.882 bits per heavy atom. The van der Waals surface area contributed by atoms with Gasteiger partial charge in [0.2, 0.25) is 0 Å². The van der Waals surface area contributed by atoms with Crippen molar-refractivity contribution in [2.75, 3.05) is 13.1 Å². The predicted octanol–water partition coefficient (Wildman–Crippen LogP) is 4.47. The number of hydrogen-bond donors (Lipinski definition) is 2. The van der Waals surface area contributed by atoms with Gasteiger partial charge in [0.1, 0.15) is 0 Å². The highest BCUT2D eigenvalue weighted by molar-refractivity contribution is 4.44. The molecule has 0 aromatic rings. The van der Waals surface area contributed by atoms with Crippen LogP contribution in [0.2, 0.25) is 0 Å². The predicted molar refractivity (Wildman–Crippen MR) is 82.4 cm³/mol. The van der Waals surface area contributed by atoms with Crippen LogP contribution in [0.5, 0.6) is 0 Å². The molecular weight excluding hydrogens is 208 g/mol. The largest absolute Gasteiger partial charge is 0.330 e. The summed E-state index contributed by atoms with van der Waals surface area (Å²) in [6.07, 6.45) is 11.9. The van der Waals surface area contributed by atoms with Crippen LogP contribution < -0.4 is 11.5 Å². The van der Waals surface area contributed by atoms with Gasteiger partial charge in [-0.1, -0.05) is 72.6 Å². The first-order valence-corrected chi connectivity index (χ1v) is 7.73. The molecule has 0 aromatic heterocycles. The van der Waals surface area contributed by atoms with Gasteiger partial charge in [0, 0.05) is 0 Å². The summed E-state index contributed by atoms with van der Waals surface area (Å²) in [6.45, 7) is 10.1. The third-order valence-electron chi connectivity index (χ3n) is 2.37. The van der Waals surface area contributed by atoms with Crippen molar-refractivity contribution in [2.24, 2.45) is 11.5 Å². The Hall–Kier alpha value is -0.0800. The van der Waals surface area contributed by atoms with E-state index in [9.17, 15) is 0 Å². The van der Waals surface area contributed by atoms with Gasteiger partial charge in [-0.15, -0.1) is 0 Å². The second kappa shape index (κ2) is 29.7. The molecule has 0 saturated heterocycles. The monoisotopic (exact) mass is 246 g/mol. The second-order valence-corrected chi connectivity index (χ2v) is 4.05. The van der Waals surface area contributed by atoms with Crippen molar-refractivity contribution in [3.8, 4) is 0 Å². The average Bonchev–Trinajstić information content (AvgIpc) is 2.38. The number of hydrogen-bond acceptors (Lipinski definition) is 2. The van der Waals surface area contributed by atoms with Crippen LogP contribution in [0, 0.1) is 0 Å². The molecule has 0 fully saturated rings. The number of rotatable bonds is 9. The van der Waals surface area contributed by atoms with Crippen LogP contribution in [-0.4, -0.2) is 13.1 Å². The lowest BCUT2D eigenvalue weighted by Crippen LogP contribution is -1.97. The third-order valence-corrected chi connectivity index (χ3v) is 2.37. The van der Waals surface area contributed by atoms with E-state index in [0.29, 0.717) is 0 Å². The van der Waals surface area contributed by atoms with E-state index in [-0.39, 0.29) is 0 Å². The molecular formula is C15H38N2. The maximum absolute atomic E-state index is 5.37. The minimum atomic E-state index is 0.844. The molecule has 4 N–H and O–H groups in total. The van der Waals surface area contributed by atoms with Gasteiger partial charge in [-0.2, -0.15) is 0 Å². The van der Waals surface area contributed by atoms with E-state index < -0.39 is 0 Å². The lowest BCUT2D eigenvalue weighted by molar-refractivity contribution is 0.593. The minimum Gasteiger partial charge on any atom is -0.330 e. The zero-order chi connectivity index (χ0) is 13.8. The van der Waals surface area contributed by atoms with E-state index in [1.54, 1.807) is 0 Å². The number of nitrogens with two attached hydrogens (primary N) is 2.